The zero-order valence-electron chi connectivity index (χ0n) is 18.7. The van der Waals surface area contributed by atoms with Crippen LogP contribution in [0.15, 0.2) is 53.8 Å². The number of benzene rings is 1. The molecule has 4 heterocycles. The number of piperidine rings is 1. The lowest BCUT2D eigenvalue weighted by Crippen LogP contribution is -2.29. The predicted octanol–water partition coefficient (Wildman–Crippen LogP) is 4.99. The Labute approximate surface area is 189 Å². The maximum atomic E-state index is 13.0. The maximum absolute atomic E-state index is 13.0. The Balaban J connectivity index is 1.31. The fraction of sp³-hybridized carbons (Fsp3) is 0.407. The first kappa shape index (κ1) is 21.0. The van der Waals surface area contributed by atoms with E-state index in [-0.39, 0.29) is 5.78 Å². The SMILES string of the molecule is CC1CC(c2ccc3cnc(CC(=O)c4ccnc(CN5CCCCC5)c4)cc3c2)C=N1. The Bertz CT molecular complexity index is 1150. The number of carbonyl (C=O) groups is 1. The van der Waals surface area contributed by atoms with Crippen molar-refractivity contribution >= 4 is 22.8 Å². The Morgan fingerprint density at radius 3 is 2.69 bits per heavy atom. The topological polar surface area (TPSA) is 58.5 Å². The minimum atomic E-state index is 0.0899. The summed E-state index contributed by atoms with van der Waals surface area (Å²) in [5.41, 5.74) is 3.79. The second-order valence-electron chi connectivity index (χ2n) is 9.24. The standard InChI is InChI=1S/C27H30N4O/c1-19-11-24(17-29-19)20-5-6-22-16-30-25(14-23(22)12-20)15-27(32)21-7-8-28-26(13-21)18-31-9-3-2-4-10-31/h5-8,12-14,16-17,19,24H,2-4,9-11,15,18H2,1H3. The fourth-order valence-corrected chi connectivity index (χ4v) is 4.85. The van der Waals surface area contributed by atoms with E-state index in [1.54, 1.807) is 6.20 Å². The van der Waals surface area contributed by atoms with Crippen LogP contribution in [-0.4, -0.2) is 46.0 Å². The number of fused-ring (bicyclic) bond motifs is 1. The monoisotopic (exact) mass is 426 g/mol. The van der Waals surface area contributed by atoms with E-state index >= 15 is 0 Å². The third-order valence-corrected chi connectivity index (χ3v) is 6.66. The smallest absolute Gasteiger partial charge is 0.168 e. The number of Topliss-reactive ketones (excluding diaryl/α,β-unsaturated/α-hetero) is 1. The molecule has 164 valence electrons. The molecule has 3 aromatic rings. The van der Waals surface area contributed by atoms with Crippen LogP contribution in [0.5, 0.6) is 0 Å². The van der Waals surface area contributed by atoms with E-state index in [1.807, 2.05) is 18.3 Å². The molecule has 2 aromatic heterocycles. The Kier molecular flexibility index (Phi) is 6.08. The van der Waals surface area contributed by atoms with Crippen LogP contribution in [0, 0.1) is 0 Å². The van der Waals surface area contributed by atoms with Gasteiger partial charge in [0.2, 0.25) is 0 Å². The third-order valence-electron chi connectivity index (χ3n) is 6.66. The van der Waals surface area contributed by atoms with Gasteiger partial charge in [0.1, 0.15) is 0 Å². The van der Waals surface area contributed by atoms with E-state index in [9.17, 15) is 4.79 Å². The van der Waals surface area contributed by atoms with Gasteiger partial charge in [-0.15, -0.1) is 0 Å². The third kappa shape index (κ3) is 4.78. The summed E-state index contributed by atoms with van der Waals surface area (Å²) in [7, 11) is 0. The number of likely N-dealkylation sites (tertiary alicyclic amines) is 1. The van der Waals surface area contributed by atoms with Gasteiger partial charge in [0.25, 0.3) is 0 Å². The van der Waals surface area contributed by atoms with Gasteiger partial charge in [0.05, 0.1) is 12.1 Å². The Morgan fingerprint density at radius 1 is 1.00 bits per heavy atom. The average molecular weight is 427 g/mol. The summed E-state index contributed by atoms with van der Waals surface area (Å²) in [5, 5.41) is 2.23. The molecule has 1 saturated heterocycles. The van der Waals surface area contributed by atoms with Gasteiger partial charge in [-0.3, -0.25) is 24.7 Å². The number of hydrogen-bond acceptors (Lipinski definition) is 5. The van der Waals surface area contributed by atoms with Crippen molar-refractivity contribution in [3.05, 3.63) is 71.3 Å². The number of aliphatic imine (C=N–C) groups is 1. The average Bonchev–Trinajstić information content (AvgIpc) is 3.26. The van der Waals surface area contributed by atoms with Crippen LogP contribution in [0.25, 0.3) is 10.8 Å². The molecule has 2 aliphatic rings. The molecule has 0 N–H and O–H groups in total. The van der Waals surface area contributed by atoms with E-state index < -0.39 is 0 Å². The molecule has 0 bridgehead atoms. The molecule has 0 amide bonds. The van der Waals surface area contributed by atoms with Gasteiger partial charge in [-0.25, -0.2) is 0 Å². The number of aromatic nitrogens is 2. The van der Waals surface area contributed by atoms with Crippen molar-refractivity contribution in [3.63, 3.8) is 0 Å². The molecule has 32 heavy (non-hydrogen) atoms. The highest BCUT2D eigenvalue weighted by Crippen LogP contribution is 2.28. The minimum Gasteiger partial charge on any atom is -0.298 e. The number of rotatable bonds is 6. The summed E-state index contributed by atoms with van der Waals surface area (Å²) in [6.45, 7) is 5.21. The quantitative estimate of drug-likeness (QED) is 0.521. The van der Waals surface area contributed by atoms with Crippen LogP contribution in [0.3, 0.4) is 0 Å². The lowest BCUT2D eigenvalue weighted by Gasteiger charge is -2.25. The molecular weight excluding hydrogens is 396 g/mol. The molecule has 2 unspecified atom stereocenters. The summed E-state index contributed by atoms with van der Waals surface area (Å²) < 4.78 is 0. The predicted molar refractivity (Wildman–Crippen MR) is 128 cm³/mol. The molecule has 1 aromatic carbocycles. The lowest BCUT2D eigenvalue weighted by atomic mass is 9.94. The van der Waals surface area contributed by atoms with E-state index in [0.717, 1.165) is 53.8 Å². The summed E-state index contributed by atoms with van der Waals surface area (Å²) in [6, 6.07) is 12.7. The summed E-state index contributed by atoms with van der Waals surface area (Å²) in [6.07, 6.45) is 10.9. The molecule has 1 fully saturated rings. The van der Waals surface area contributed by atoms with Gasteiger partial charge >= 0.3 is 0 Å². The van der Waals surface area contributed by atoms with Gasteiger partial charge in [0, 0.05) is 53.8 Å². The van der Waals surface area contributed by atoms with Crippen molar-refractivity contribution in [1.82, 2.24) is 14.9 Å². The first-order valence-electron chi connectivity index (χ1n) is 11.8. The van der Waals surface area contributed by atoms with Crippen molar-refractivity contribution in [2.45, 2.75) is 57.5 Å². The molecular formula is C27H30N4O. The number of hydrogen-bond donors (Lipinski definition) is 0. The number of nitrogens with zero attached hydrogens (tertiary/aromatic N) is 4. The van der Waals surface area contributed by atoms with Gasteiger partial charge in [-0.2, -0.15) is 0 Å². The highest BCUT2D eigenvalue weighted by molar-refractivity contribution is 5.97. The first-order chi connectivity index (χ1) is 15.6. The fourth-order valence-electron chi connectivity index (χ4n) is 4.85. The van der Waals surface area contributed by atoms with Crippen LogP contribution < -0.4 is 0 Å². The minimum absolute atomic E-state index is 0.0899. The second kappa shape index (κ2) is 9.29. The van der Waals surface area contributed by atoms with Crippen LogP contribution in [0.4, 0.5) is 0 Å². The normalized spacial score (nSPS) is 21.3. The summed E-state index contributed by atoms with van der Waals surface area (Å²) in [4.78, 5) is 29.0. The molecule has 5 nitrogen and oxygen atoms in total. The van der Waals surface area contributed by atoms with E-state index in [1.165, 1.54) is 24.8 Å². The van der Waals surface area contributed by atoms with Crippen LogP contribution in [0.1, 0.15) is 65.8 Å². The highest BCUT2D eigenvalue weighted by Gasteiger charge is 2.19. The molecule has 5 heteroatoms. The molecule has 5 rings (SSSR count). The van der Waals surface area contributed by atoms with E-state index in [4.69, 9.17) is 0 Å². The van der Waals surface area contributed by atoms with Crippen molar-refractivity contribution in [1.29, 1.82) is 0 Å². The summed E-state index contributed by atoms with van der Waals surface area (Å²) >= 11 is 0. The van der Waals surface area contributed by atoms with E-state index in [2.05, 4.69) is 57.3 Å². The van der Waals surface area contributed by atoms with Crippen LogP contribution in [-0.2, 0) is 13.0 Å². The molecule has 0 saturated carbocycles. The summed E-state index contributed by atoms with van der Waals surface area (Å²) in [5.74, 6) is 0.467. The van der Waals surface area contributed by atoms with Gasteiger partial charge in [-0.05, 0) is 68.4 Å². The largest absolute Gasteiger partial charge is 0.298 e. The molecule has 2 aliphatic heterocycles. The van der Waals surface area contributed by atoms with E-state index in [0.29, 0.717) is 18.4 Å². The molecule has 2 atom stereocenters. The highest BCUT2D eigenvalue weighted by atomic mass is 16.1. The maximum Gasteiger partial charge on any atom is 0.168 e. The number of pyridine rings is 2. The van der Waals surface area contributed by atoms with Crippen LogP contribution in [0.2, 0.25) is 0 Å². The Morgan fingerprint density at radius 2 is 1.88 bits per heavy atom. The van der Waals surface area contributed by atoms with Crippen molar-refractivity contribution in [2.75, 3.05) is 13.1 Å². The van der Waals surface area contributed by atoms with Gasteiger partial charge in [-0.1, -0.05) is 24.6 Å². The number of carbonyl (C=O) groups excluding carboxylic acids is 1. The molecule has 0 radical (unpaired) electrons. The Hall–Kier alpha value is -2.92. The first-order valence-corrected chi connectivity index (χ1v) is 11.8. The van der Waals surface area contributed by atoms with Crippen LogP contribution >= 0.6 is 0 Å². The van der Waals surface area contributed by atoms with Crippen molar-refractivity contribution in [2.24, 2.45) is 4.99 Å². The molecule has 0 spiro atoms. The van der Waals surface area contributed by atoms with Crippen molar-refractivity contribution in [3.8, 4) is 0 Å². The molecule has 0 aliphatic carbocycles. The number of ketones is 1. The van der Waals surface area contributed by atoms with Gasteiger partial charge in [0.15, 0.2) is 5.78 Å². The van der Waals surface area contributed by atoms with Crippen molar-refractivity contribution < 1.29 is 4.79 Å². The zero-order valence-corrected chi connectivity index (χ0v) is 18.7. The zero-order chi connectivity index (χ0) is 21.9. The van der Waals surface area contributed by atoms with Gasteiger partial charge < -0.3 is 0 Å². The lowest BCUT2D eigenvalue weighted by molar-refractivity contribution is 0.0991. The second-order valence-corrected chi connectivity index (χ2v) is 9.24.